The number of rotatable bonds is 10. The summed E-state index contributed by atoms with van der Waals surface area (Å²) in [5.41, 5.74) is 1.97. The van der Waals surface area contributed by atoms with Crippen molar-refractivity contribution in [3.8, 4) is 0 Å². The van der Waals surface area contributed by atoms with Gasteiger partial charge in [0.2, 0.25) is 5.91 Å². The fourth-order valence-corrected chi connectivity index (χ4v) is 4.48. The Bertz CT molecular complexity index is 839. The van der Waals surface area contributed by atoms with Crippen LogP contribution in [0, 0.1) is 0 Å². The quantitative estimate of drug-likeness (QED) is 0.551. The molecule has 5 nitrogen and oxygen atoms in total. The molecule has 2 N–H and O–H groups in total. The molecule has 0 heterocycles. The van der Waals surface area contributed by atoms with E-state index in [1.54, 1.807) is 12.1 Å². The molecule has 166 valence electrons. The summed E-state index contributed by atoms with van der Waals surface area (Å²) in [4.78, 5) is 28.0. The van der Waals surface area contributed by atoms with E-state index in [-0.39, 0.29) is 11.8 Å². The zero-order chi connectivity index (χ0) is 22.1. The zero-order valence-electron chi connectivity index (χ0n) is 18.8. The van der Waals surface area contributed by atoms with Crippen molar-refractivity contribution in [2.75, 3.05) is 31.5 Å². The maximum absolute atomic E-state index is 13.2. The molecule has 31 heavy (non-hydrogen) atoms. The smallest absolute Gasteiger partial charge is 0.251 e. The molecule has 0 saturated heterocycles. The lowest BCUT2D eigenvalue weighted by Gasteiger charge is -2.28. The molecule has 0 aliphatic heterocycles. The van der Waals surface area contributed by atoms with Crippen molar-refractivity contribution < 1.29 is 9.59 Å². The third kappa shape index (κ3) is 5.73. The molecule has 0 unspecified atom stereocenters. The van der Waals surface area contributed by atoms with E-state index < -0.39 is 5.41 Å². The Morgan fingerprint density at radius 1 is 0.935 bits per heavy atom. The van der Waals surface area contributed by atoms with Crippen molar-refractivity contribution >= 4 is 17.5 Å². The Balaban J connectivity index is 1.56. The van der Waals surface area contributed by atoms with Crippen LogP contribution in [0.3, 0.4) is 0 Å². The van der Waals surface area contributed by atoms with Crippen LogP contribution in [0.1, 0.15) is 61.9 Å². The molecule has 1 aliphatic carbocycles. The second-order valence-corrected chi connectivity index (χ2v) is 8.32. The molecule has 2 aromatic rings. The highest BCUT2D eigenvalue weighted by molar-refractivity contribution is 6.00. The van der Waals surface area contributed by atoms with Gasteiger partial charge >= 0.3 is 0 Å². The third-order valence-corrected chi connectivity index (χ3v) is 6.45. The molecule has 0 bridgehead atoms. The van der Waals surface area contributed by atoms with E-state index in [4.69, 9.17) is 0 Å². The van der Waals surface area contributed by atoms with E-state index in [0.29, 0.717) is 12.1 Å². The summed E-state index contributed by atoms with van der Waals surface area (Å²) in [6.45, 7) is 8.01. The highest BCUT2D eigenvalue weighted by Gasteiger charge is 2.42. The minimum atomic E-state index is -0.456. The van der Waals surface area contributed by atoms with Gasteiger partial charge in [-0.05, 0) is 68.7 Å². The average molecular weight is 422 g/mol. The second kappa shape index (κ2) is 11.1. The van der Waals surface area contributed by atoms with Gasteiger partial charge in [-0.25, -0.2) is 0 Å². The first-order valence-electron chi connectivity index (χ1n) is 11.6. The van der Waals surface area contributed by atoms with Crippen molar-refractivity contribution in [2.45, 2.75) is 51.4 Å². The lowest BCUT2D eigenvalue weighted by molar-refractivity contribution is -0.121. The van der Waals surface area contributed by atoms with Crippen molar-refractivity contribution in [3.05, 3.63) is 65.7 Å². The maximum Gasteiger partial charge on any atom is 0.251 e. The fourth-order valence-electron chi connectivity index (χ4n) is 4.48. The van der Waals surface area contributed by atoms with E-state index in [1.165, 1.54) is 0 Å². The molecule has 2 aromatic carbocycles. The predicted octanol–water partition coefficient (Wildman–Crippen LogP) is 4.60. The van der Waals surface area contributed by atoms with Gasteiger partial charge in [0.1, 0.15) is 0 Å². The van der Waals surface area contributed by atoms with Crippen LogP contribution in [0.25, 0.3) is 0 Å². The van der Waals surface area contributed by atoms with Gasteiger partial charge < -0.3 is 15.5 Å². The van der Waals surface area contributed by atoms with Gasteiger partial charge in [0.25, 0.3) is 5.91 Å². The number of carbonyl (C=O) groups is 2. The maximum atomic E-state index is 13.2. The Hall–Kier alpha value is -2.66. The van der Waals surface area contributed by atoms with Gasteiger partial charge in [0, 0.05) is 17.8 Å². The van der Waals surface area contributed by atoms with Crippen LogP contribution in [-0.2, 0) is 10.2 Å². The molecule has 0 aromatic heterocycles. The van der Waals surface area contributed by atoms with E-state index >= 15 is 0 Å². The number of benzene rings is 2. The van der Waals surface area contributed by atoms with Gasteiger partial charge in [0.05, 0.1) is 5.41 Å². The van der Waals surface area contributed by atoms with Crippen LogP contribution < -0.4 is 10.6 Å². The van der Waals surface area contributed by atoms with Crippen LogP contribution in [0.5, 0.6) is 0 Å². The summed E-state index contributed by atoms with van der Waals surface area (Å²) in [6, 6.07) is 17.3. The van der Waals surface area contributed by atoms with E-state index in [0.717, 1.165) is 63.0 Å². The first-order chi connectivity index (χ1) is 15.1. The molecule has 1 fully saturated rings. The van der Waals surface area contributed by atoms with Crippen molar-refractivity contribution in [1.29, 1.82) is 0 Å². The van der Waals surface area contributed by atoms with E-state index in [1.807, 2.05) is 30.3 Å². The Kier molecular flexibility index (Phi) is 8.24. The molecule has 1 aliphatic rings. The van der Waals surface area contributed by atoms with Crippen LogP contribution >= 0.6 is 0 Å². The number of amides is 2. The summed E-state index contributed by atoms with van der Waals surface area (Å²) in [7, 11) is 0. The van der Waals surface area contributed by atoms with Crippen LogP contribution in [0.2, 0.25) is 0 Å². The molecule has 0 atom stereocenters. The lowest BCUT2D eigenvalue weighted by Crippen LogP contribution is -2.38. The highest BCUT2D eigenvalue weighted by Crippen LogP contribution is 2.42. The summed E-state index contributed by atoms with van der Waals surface area (Å²) < 4.78 is 0. The first-order valence-corrected chi connectivity index (χ1v) is 11.6. The largest absolute Gasteiger partial charge is 0.352 e. The van der Waals surface area contributed by atoms with Crippen LogP contribution in [0.15, 0.2) is 54.6 Å². The van der Waals surface area contributed by atoms with Gasteiger partial charge in [-0.2, -0.15) is 0 Å². The molecular formula is C26H35N3O2. The number of carbonyl (C=O) groups excluding carboxylic acids is 2. The normalized spacial score (nSPS) is 15.1. The van der Waals surface area contributed by atoms with E-state index in [2.05, 4.69) is 41.5 Å². The number of anilines is 1. The summed E-state index contributed by atoms with van der Waals surface area (Å²) in [5.74, 6) is -0.0289. The standard InChI is InChI=1S/C26H35N3O2/c1-3-29(4-2)20-10-19-27-24(30)21-13-15-23(16-14-21)28-25(31)26(17-8-9-18-26)22-11-6-5-7-12-22/h5-7,11-16H,3-4,8-10,17-20H2,1-2H3,(H,27,30)(H,28,31). The minimum absolute atomic E-state index is 0.0461. The monoisotopic (exact) mass is 421 g/mol. The first kappa shape index (κ1) is 23.0. The fraction of sp³-hybridized carbons (Fsp3) is 0.462. The Morgan fingerprint density at radius 3 is 2.19 bits per heavy atom. The van der Waals surface area contributed by atoms with Gasteiger partial charge in [0.15, 0.2) is 0 Å². The summed E-state index contributed by atoms with van der Waals surface area (Å²) in [5, 5.41) is 6.07. The lowest BCUT2D eigenvalue weighted by atomic mass is 9.78. The van der Waals surface area contributed by atoms with Crippen molar-refractivity contribution in [2.24, 2.45) is 0 Å². The number of hydrogen-bond acceptors (Lipinski definition) is 3. The summed E-state index contributed by atoms with van der Waals surface area (Å²) in [6.07, 6.45) is 4.81. The third-order valence-electron chi connectivity index (χ3n) is 6.45. The predicted molar refractivity (Wildman–Crippen MR) is 126 cm³/mol. The summed E-state index contributed by atoms with van der Waals surface area (Å²) >= 11 is 0. The molecule has 5 heteroatoms. The SMILES string of the molecule is CCN(CC)CCCNC(=O)c1ccc(NC(=O)C2(c3ccccc3)CCCC2)cc1. The van der Waals surface area contributed by atoms with E-state index in [9.17, 15) is 9.59 Å². The number of nitrogens with one attached hydrogen (secondary N) is 2. The molecule has 1 saturated carbocycles. The Morgan fingerprint density at radius 2 is 1.58 bits per heavy atom. The topological polar surface area (TPSA) is 61.4 Å². The highest BCUT2D eigenvalue weighted by atomic mass is 16.2. The van der Waals surface area contributed by atoms with Crippen molar-refractivity contribution in [1.82, 2.24) is 10.2 Å². The number of nitrogens with zero attached hydrogens (tertiary/aromatic N) is 1. The second-order valence-electron chi connectivity index (χ2n) is 8.32. The minimum Gasteiger partial charge on any atom is -0.352 e. The number of hydrogen-bond donors (Lipinski definition) is 2. The molecule has 3 rings (SSSR count). The van der Waals surface area contributed by atoms with Gasteiger partial charge in [-0.15, -0.1) is 0 Å². The molecule has 2 amide bonds. The van der Waals surface area contributed by atoms with Crippen molar-refractivity contribution in [3.63, 3.8) is 0 Å². The zero-order valence-corrected chi connectivity index (χ0v) is 18.8. The van der Waals surface area contributed by atoms with Crippen LogP contribution in [-0.4, -0.2) is 42.9 Å². The van der Waals surface area contributed by atoms with Crippen LogP contribution in [0.4, 0.5) is 5.69 Å². The van der Waals surface area contributed by atoms with Gasteiger partial charge in [-0.3, -0.25) is 9.59 Å². The Labute approximate surface area is 186 Å². The molecule has 0 radical (unpaired) electrons. The van der Waals surface area contributed by atoms with Gasteiger partial charge in [-0.1, -0.05) is 57.0 Å². The molecular weight excluding hydrogens is 386 g/mol. The molecule has 0 spiro atoms. The average Bonchev–Trinajstić information content (AvgIpc) is 3.31.